The van der Waals surface area contributed by atoms with E-state index in [2.05, 4.69) is 5.32 Å². The first-order chi connectivity index (χ1) is 16.2. The lowest BCUT2D eigenvalue weighted by molar-refractivity contribution is -0.138. The van der Waals surface area contributed by atoms with Crippen molar-refractivity contribution in [2.45, 2.75) is 52.5 Å². The summed E-state index contributed by atoms with van der Waals surface area (Å²) < 4.78 is 26.5. The Morgan fingerprint density at radius 2 is 1.65 bits per heavy atom. The van der Waals surface area contributed by atoms with E-state index in [1.807, 2.05) is 56.3 Å². The van der Waals surface area contributed by atoms with E-state index in [9.17, 15) is 18.0 Å². The topological polar surface area (TPSA) is 86.8 Å². The van der Waals surface area contributed by atoms with Gasteiger partial charge in [-0.15, -0.1) is 0 Å². The zero-order valence-electron chi connectivity index (χ0n) is 20.7. The van der Waals surface area contributed by atoms with Crippen molar-refractivity contribution in [2.24, 2.45) is 0 Å². The fraction of sp³-hybridized carbons (Fsp3) is 0.462. The van der Waals surface area contributed by atoms with Gasteiger partial charge in [0.15, 0.2) is 0 Å². The van der Waals surface area contributed by atoms with Gasteiger partial charge in [-0.1, -0.05) is 68.8 Å². The number of hydrogen-bond acceptors (Lipinski definition) is 4. The van der Waals surface area contributed by atoms with Gasteiger partial charge >= 0.3 is 0 Å². The summed E-state index contributed by atoms with van der Waals surface area (Å²) in [6.07, 6.45) is 4.09. The molecule has 0 aliphatic carbocycles. The number of benzene rings is 2. The number of unbranched alkanes of at least 4 members (excludes halogenated alkanes) is 1. The minimum Gasteiger partial charge on any atom is -0.354 e. The number of carbonyl (C=O) groups excluding carboxylic acids is 2. The number of para-hydroxylation sites is 1. The smallest absolute Gasteiger partial charge is 0.244 e. The minimum absolute atomic E-state index is 0.241. The summed E-state index contributed by atoms with van der Waals surface area (Å²) in [7, 11) is -3.72. The standard InChI is InChI=1S/C26H37N3O4S/c1-5-7-18-27-26(31)21(3)28(19-17-22-13-9-8-10-14-22)25(30)20-29(34(4,32)33)24-16-12-11-15-23(24)6-2/h8-16,21H,5-7,17-20H2,1-4H3,(H,27,31)/t21-/m1/s1. The van der Waals surface area contributed by atoms with E-state index in [1.165, 1.54) is 4.90 Å². The molecule has 0 aromatic heterocycles. The van der Waals surface area contributed by atoms with Crippen LogP contribution in [0.1, 0.15) is 44.7 Å². The molecule has 34 heavy (non-hydrogen) atoms. The molecule has 0 spiro atoms. The number of amides is 2. The molecule has 7 nitrogen and oxygen atoms in total. The second-order valence-corrected chi connectivity index (χ2v) is 10.3. The van der Waals surface area contributed by atoms with Crippen LogP contribution in [-0.4, -0.2) is 57.1 Å². The first-order valence-corrected chi connectivity index (χ1v) is 13.7. The Labute approximate surface area is 204 Å². The molecule has 0 bridgehead atoms. The molecule has 2 aromatic rings. The molecule has 1 atom stereocenters. The van der Waals surface area contributed by atoms with Crippen molar-refractivity contribution < 1.29 is 18.0 Å². The third-order valence-electron chi connectivity index (χ3n) is 5.80. The number of aryl methyl sites for hydroxylation is 1. The van der Waals surface area contributed by atoms with Crippen LogP contribution in [0.3, 0.4) is 0 Å². The second kappa shape index (κ2) is 13.1. The molecule has 8 heteroatoms. The molecule has 0 heterocycles. The van der Waals surface area contributed by atoms with Crippen molar-refractivity contribution in [2.75, 3.05) is 30.2 Å². The van der Waals surface area contributed by atoms with Gasteiger partial charge in [-0.3, -0.25) is 13.9 Å². The van der Waals surface area contributed by atoms with E-state index in [1.54, 1.807) is 19.1 Å². The molecule has 2 aromatic carbocycles. The number of nitrogens with zero attached hydrogens (tertiary/aromatic N) is 2. The van der Waals surface area contributed by atoms with Crippen molar-refractivity contribution in [3.8, 4) is 0 Å². The number of hydrogen-bond donors (Lipinski definition) is 1. The predicted molar refractivity (Wildman–Crippen MR) is 137 cm³/mol. The van der Waals surface area contributed by atoms with E-state index in [-0.39, 0.29) is 12.5 Å². The molecule has 0 fully saturated rings. The Kier molecular flexibility index (Phi) is 10.6. The van der Waals surface area contributed by atoms with Gasteiger partial charge in [0.1, 0.15) is 12.6 Å². The van der Waals surface area contributed by atoms with Gasteiger partial charge < -0.3 is 10.2 Å². The Morgan fingerprint density at radius 1 is 1.00 bits per heavy atom. The summed E-state index contributed by atoms with van der Waals surface area (Å²) in [4.78, 5) is 27.8. The molecule has 186 valence electrons. The Balaban J connectivity index is 2.30. The average Bonchev–Trinajstić information content (AvgIpc) is 2.82. The molecule has 2 amide bonds. The monoisotopic (exact) mass is 487 g/mol. The maximum Gasteiger partial charge on any atom is 0.244 e. The maximum atomic E-state index is 13.5. The number of nitrogens with one attached hydrogen (secondary N) is 1. The van der Waals surface area contributed by atoms with Crippen LogP contribution in [-0.2, 0) is 32.5 Å². The molecule has 0 aliphatic rings. The highest BCUT2D eigenvalue weighted by Crippen LogP contribution is 2.24. The predicted octanol–water partition coefficient (Wildman–Crippen LogP) is 3.39. The van der Waals surface area contributed by atoms with Crippen LogP contribution in [0, 0.1) is 0 Å². The van der Waals surface area contributed by atoms with Crippen molar-refractivity contribution >= 4 is 27.5 Å². The highest BCUT2D eigenvalue weighted by atomic mass is 32.2. The molecule has 2 rings (SSSR count). The molecule has 1 N–H and O–H groups in total. The summed E-state index contributed by atoms with van der Waals surface area (Å²) in [6.45, 7) is 6.15. The van der Waals surface area contributed by atoms with Crippen molar-refractivity contribution in [3.63, 3.8) is 0 Å². The maximum absolute atomic E-state index is 13.5. The Bertz CT molecular complexity index is 1040. The first-order valence-electron chi connectivity index (χ1n) is 11.9. The fourth-order valence-corrected chi connectivity index (χ4v) is 4.63. The normalized spacial score (nSPS) is 12.1. The number of anilines is 1. The van der Waals surface area contributed by atoms with E-state index in [0.717, 1.165) is 34.5 Å². The van der Waals surface area contributed by atoms with E-state index in [4.69, 9.17) is 0 Å². The van der Waals surface area contributed by atoms with E-state index in [0.29, 0.717) is 31.6 Å². The van der Waals surface area contributed by atoms with Gasteiger partial charge in [0.25, 0.3) is 0 Å². The van der Waals surface area contributed by atoms with Crippen LogP contribution in [0.25, 0.3) is 0 Å². The van der Waals surface area contributed by atoms with Crippen molar-refractivity contribution in [1.29, 1.82) is 0 Å². The second-order valence-electron chi connectivity index (χ2n) is 8.40. The van der Waals surface area contributed by atoms with Crippen molar-refractivity contribution in [3.05, 3.63) is 65.7 Å². The third kappa shape index (κ3) is 7.87. The summed E-state index contributed by atoms with van der Waals surface area (Å²) in [5.41, 5.74) is 2.36. The van der Waals surface area contributed by atoms with Crippen LogP contribution >= 0.6 is 0 Å². The molecule has 0 radical (unpaired) electrons. The lowest BCUT2D eigenvalue weighted by Gasteiger charge is -2.32. The quantitative estimate of drug-likeness (QED) is 0.439. The Morgan fingerprint density at radius 3 is 2.26 bits per heavy atom. The number of carbonyl (C=O) groups is 2. The third-order valence-corrected chi connectivity index (χ3v) is 6.93. The molecular formula is C26H37N3O4S. The SMILES string of the molecule is CCCCNC(=O)[C@@H](C)N(CCc1ccccc1)C(=O)CN(c1ccccc1CC)S(C)(=O)=O. The van der Waals surface area contributed by atoms with Crippen LogP contribution < -0.4 is 9.62 Å². The Hall–Kier alpha value is -2.87. The summed E-state index contributed by atoms with van der Waals surface area (Å²) in [5.74, 6) is -0.653. The number of sulfonamides is 1. The van der Waals surface area contributed by atoms with Gasteiger partial charge in [0, 0.05) is 13.1 Å². The van der Waals surface area contributed by atoms with Crippen LogP contribution in [0.4, 0.5) is 5.69 Å². The fourth-order valence-electron chi connectivity index (χ4n) is 3.75. The molecule has 0 saturated heterocycles. The number of rotatable bonds is 13. The summed E-state index contributed by atoms with van der Waals surface area (Å²) in [5, 5.41) is 2.89. The zero-order valence-corrected chi connectivity index (χ0v) is 21.5. The van der Waals surface area contributed by atoms with Gasteiger partial charge in [0.05, 0.1) is 11.9 Å². The largest absolute Gasteiger partial charge is 0.354 e. The summed E-state index contributed by atoms with van der Waals surface area (Å²) in [6, 6.07) is 16.2. The van der Waals surface area contributed by atoms with Crippen LogP contribution in [0.5, 0.6) is 0 Å². The summed E-state index contributed by atoms with van der Waals surface area (Å²) >= 11 is 0. The molecular weight excluding hydrogens is 450 g/mol. The van der Waals surface area contributed by atoms with Gasteiger partial charge in [-0.25, -0.2) is 8.42 Å². The van der Waals surface area contributed by atoms with E-state index >= 15 is 0 Å². The molecule has 0 unspecified atom stereocenters. The van der Waals surface area contributed by atoms with Crippen molar-refractivity contribution in [1.82, 2.24) is 10.2 Å². The lowest BCUT2D eigenvalue weighted by Crippen LogP contribution is -2.52. The average molecular weight is 488 g/mol. The van der Waals surface area contributed by atoms with Gasteiger partial charge in [0.2, 0.25) is 21.8 Å². The molecule has 0 saturated carbocycles. The minimum atomic E-state index is -3.72. The van der Waals surface area contributed by atoms with Gasteiger partial charge in [-0.05, 0) is 43.4 Å². The van der Waals surface area contributed by atoms with E-state index < -0.39 is 22.0 Å². The highest BCUT2D eigenvalue weighted by molar-refractivity contribution is 7.92. The van der Waals surface area contributed by atoms with Crippen LogP contribution in [0.15, 0.2) is 54.6 Å². The lowest BCUT2D eigenvalue weighted by atomic mass is 10.1. The van der Waals surface area contributed by atoms with Gasteiger partial charge in [-0.2, -0.15) is 0 Å². The zero-order chi connectivity index (χ0) is 25.1. The van der Waals surface area contributed by atoms with Crippen LogP contribution in [0.2, 0.25) is 0 Å². The highest BCUT2D eigenvalue weighted by Gasteiger charge is 2.30. The first kappa shape index (κ1) is 27.4. The molecule has 0 aliphatic heterocycles.